The molecule has 3 heterocycles. The topological polar surface area (TPSA) is 95.8 Å². The number of amides is 1. The number of hydrogen-bond donors (Lipinski definition) is 1. The number of epoxide rings is 1. The first-order valence-electron chi connectivity index (χ1n) is 15.3. The molecule has 8 nitrogen and oxygen atoms in total. The van der Waals surface area contributed by atoms with Crippen LogP contribution in [0, 0.1) is 28.6 Å². The second kappa shape index (κ2) is 9.31. The number of fused-ring (bicyclic) bond motifs is 3. The molecule has 4 saturated carbocycles. The fraction of sp³-hybridized carbons (Fsp3) is 0.806. The van der Waals surface area contributed by atoms with Crippen LogP contribution in [0.15, 0.2) is 27.6 Å². The molecular formula is C31H44N2O6. The van der Waals surface area contributed by atoms with Crippen LogP contribution in [0.4, 0.5) is 4.79 Å². The van der Waals surface area contributed by atoms with E-state index in [1.54, 1.807) is 17.2 Å². The average Bonchev–Trinajstić information content (AvgIpc) is 3.59. The van der Waals surface area contributed by atoms with Crippen LogP contribution in [0.5, 0.6) is 0 Å². The molecule has 1 amide bonds. The van der Waals surface area contributed by atoms with E-state index in [1.165, 1.54) is 19.3 Å². The molecule has 0 radical (unpaired) electrons. The van der Waals surface area contributed by atoms with Crippen molar-refractivity contribution in [1.82, 2.24) is 9.80 Å². The third-order valence-electron chi connectivity index (χ3n) is 12.6. The molecule has 1 N–H and O–H groups in total. The summed E-state index contributed by atoms with van der Waals surface area (Å²) in [6.07, 6.45) is 10.0. The summed E-state index contributed by atoms with van der Waals surface area (Å²) in [4.78, 5) is 28.1. The Bertz CT molecular complexity index is 1150. The first-order chi connectivity index (χ1) is 18.8. The van der Waals surface area contributed by atoms with Gasteiger partial charge in [0, 0.05) is 43.7 Å². The van der Waals surface area contributed by atoms with E-state index in [4.69, 9.17) is 13.9 Å². The summed E-state index contributed by atoms with van der Waals surface area (Å²) in [5.74, 6) is 2.14. The summed E-state index contributed by atoms with van der Waals surface area (Å²) in [6.45, 7) is 9.63. The van der Waals surface area contributed by atoms with E-state index in [-0.39, 0.29) is 28.1 Å². The van der Waals surface area contributed by atoms with Crippen molar-refractivity contribution in [3.05, 3.63) is 34.4 Å². The summed E-state index contributed by atoms with van der Waals surface area (Å²) in [5, 5.41) is 10.1. The van der Waals surface area contributed by atoms with Crippen LogP contribution < -0.4 is 5.63 Å². The van der Waals surface area contributed by atoms with Gasteiger partial charge < -0.3 is 23.9 Å². The van der Waals surface area contributed by atoms with Crippen molar-refractivity contribution in [1.29, 1.82) is 0 Å². The van der Waals surface area contributed by atoms with Crippen molar-refractivity contribution in [2.45, 2.75) is 88.9 Å². The van der Waals surface area contributed by atoms with Crippen molar-refractivity contribution in [3.63, 3.8) is 0 Å². The molecule has 6 fully saturated rings. The average molecular weight is 541 g/mol. The highest BCUT2D eigenvalue weighted by Crippen LogP contribution is 2.78. The van der Waals surface area contributed by atoms with Gasteiger partial charge in [0.1, 0.15) is 5.60 Å². The van der Waals surface area contributed by atoms with E-state index in [0.717, 1.165) is 70.5 Å². The Labute approximate surface area is 231 Å². The molecule has 214 valence electrons. The lowest BCUT2D eigenvalue weighted by molar-refractivity contribution is -0.134. The molecule has 1 aromatic rings. The largest absolute Gasteiger partial charge is 0.465 e. The summed E-state index contributed by atoms with van der Waals surface area (Å²) < 4.78 is 17.5. The first kappa shape index (κ1) is 26.0. The van der Waals surface area contributed by atoms with E-state index in [1.807, 2.05) is 6.07 Å². The normalized spacial score (nSPS) is 45.0. The molecule has 39 heavy (non-hydrogen) atoms. The summed E-state index contributed by atoms with van der Waals surface area (Å²) >= 11 is 0. The highest BCUT2D eigenvalue weighted by molar-refractivity contribution is 5.65. The zero-order chi connectivity index (χ0) is 27.0. The Kier molecular flexibility index (Phi) is 6.22. The second-order valence-corrected chi connectivity index (χ2v) is 13.9. The van der Waals surface area contributed by atoms with E-state index < -0.39 is 6.09 Å². The maximum absolute atomic E-state index is 12.4. The third kappa shape index (κ3) is 3.87. The summed E-state index contributed by atoms with van der Waals surface area (Å²) in [6, 6.07) is 3.66. The maximum Gasteiger partial charge on any atom is 0.407 e. The van der Waals surface area contributed by atoms with Crippen molar-refractivity contribution < 1.29 is 23.8 Å². The number of morpholine rings is 1. The molecule has 9 atom stereocenters. The molecule has 8 heteroatoms. The highest BCUT2D eigenvalue weighted by Gasteiger charge is 2.80. The molecule has 0 bridgehead atoms. The molecule has 0 unspecified atom stereocenters. The van der Waals surface area contributed by atoms with Gasteiger partial charge in [-0.25, -0.2) is 9.59 Å². The standard InChI is InChI=1S/C31H44N2O6/c1-29-9-7-22(33(28(35)36)12-11-32-13-15-37-16-14-32)17-21(29)4-5-24-23(29)8-10-30(2)25(18-26-31(24,30)39-26)20-3-6-27(34)38-19-20/h3,6,19,21-26H,4-5,7-18H2,1-2H3,(H,35,36)/t21-,22+,23+,24-,25-,26-,29+,30-,31-/m1/s1. The zero-order valence-corrected chi connectivity index (χ0v) is 23.5. The Morgan fingerprint density at radius 3 is 2.64 bits per heavy atom. The van der Waals surface area contributed by atoms with Crippen LogP contribution in [0.2, 0.25) is 0 Å². The second-order valence-electron chi connectivity index (χ2n) is 13.9. The maximum atomic E-state index is 12.4. The zero-order valence-electron chi connectivity index (χ0n) is 23.5. The van der Waals surface area contributed by atoms with Crippen molar-refractivity contribution in [3.8, 4) is 0 Å². The number of rotatable bonds is 5. The number of carbonyl (C=O) groups is 1. The van der Waals surface area contributed by atoms with Gasteiger partial charge in [-0.15, -0.1) is 0 Å². The van der Waals surface area contributed by atoms with E-state index in [2.05, 4.69) is 18.7 Å². The summed E-state index contributed by atoms with van der Waals surface area (Å²) in [7, 11) is 0. The molecule has 2 aliphatic heterocycles. The number of ether oxygens (including phenoxy) is 2. The van der Waals surface area contributed by atoms with Crippen LogP contribution in [0.3, 0.4) is 0 Å². The van der Waals surface area contributed by atoms with Gasteiger partial charge in [0.2, 0.25) is 0 Å². The van der Waals surface area contributed by atoms with Crippen molar-refractivity contribution in [2.75, 3.05) is 39.4 Å². The molecule has 7 rings (SSSR count). The van der Waals surface area contributed by atoms with Crippen LogP contribution in [-0.4, -0.2) is 78.1 Å². The first-order valence-corrected chi connectivity index (χ1v) is 15.3. The quantitative estimate of drug-likeness (QED) is 0.546. The molecule has 0 aromatic carbocycles. The lowest BCUT2D eigenvalue weighted by atomic mass is 9.44. The Morgan fingerprint density at radius 1 is 1.08 bits per heavy atom. The molecule has 4 aliphatic carbocycles. The van der Waals surface area contributed by atoms with Crippen LogP contribution in [0.25, 0.3) is 0 Å². The van der Waals surface area contributed by atoms with Gasteiger partial charge in [-0.1, -0.05) is 13.8 Å². The minimum absolute atomic E-state index is 0.0488. The summed E-state index contributed by atoms with van der Waals surface area (Å²) in [5.41, 5.74) is 1.13. The van der Waals surface area contributed by atoms with Gasteiger partial charge in [-0.3, -0.25) is 4.90 Å². The molecule has 1 aromatic heterocycles. The van der Waals surface area contributed by atoms with Crippen molar-refractivity contribution >= 4 is 6.09 Å². The van der Waals surface area contributed by atoms with Gasteiger partial charge in [0.25, 0.3) is 0 Å². The predicted octanol–water partition coefficient (Wildman–Crippen LogP) is 4.58. The molecule has 2 saturated heterocycles. The minimum Gasteiger partial charge on any atom is -0.465 e. The lowest BCUT2D eigenvalue weighted by Gasteiger charge is -2.61. The van der Waals surface area contributed by atoms with E-state index in [0.29, 0.717) is 36.3 Å². The van der Waals surface area contributed by atoms with Crippen LogP contribution in [0.1, 0.15) is 76.7 Å². The minimum atomic E-state index is -0.763. The fourth-order valence-corrected chi connectivity index (χ4v) is 10.5. The number of hydrogen-bond acceptors (Lipinski definition) is 6. The van der Waals surface area contributed by atoms with Crippen molar-refractivity contribution in [2.24, 2.45) is 28.6 Å². The smallest absolute Gasteiger partial charge is 0.407 e. The molecule has 6 aliphatic rings. The van der Waals surface area contributed by atoms with Gasteiger partial charge in [0.15, 0.2) is 0 Å². The van der Waals surface area contributed by atoms with Crippen LogP contribution >= 0.6 is 0 Å². The third-order valence-corrected chi connectivity index (χ3v) is 12.6. The predicted molar refractivity (Wildman–Crippen MR) is 145 cm³/mol. The van der Waals surface area contributed by atoms with Gasteiger partial charge in [0.05, 0.1) is 25.6 Å². The molecule has 1 spiro atoms. The lowest BCUT2D eigenvalue weighted by Crippen LogP contribution is -2.59. The highest BCUT2D eigenvalue weighted by atomic mass is 16.6. The van der Waals surface area contributed by atoms with Crippen LogP contribution in [-0.2, 0) is 9.47 Å². The fourth-order valence-electron chi connectivity index (χ4n) is 10.5. The monoisotopic (exact) mass is 540 g/mol. The Hall–Kier alpha value is -1.90. The number of carboxylic acid groups (broad SMARTS) is 1. The Morgan fingerprint density at radius 2 is 1.90 bits per heavy atom. The molecular weight excluding hydrogens is 496 g/mol. The van der Waals surface area contributed by atoms with Gasteiger partial charge in [-0.2, -0.15) is 0 Å². The van der Waals surface area contributed by atoms with Gasteiger partial charge >= 0.3 is 11.7 Å². The van der Waals surface area contributed by atoms with E-state index in [9.17, 15) is 14.7 Å². The Balaban J connectivity index is 1.07. The number of nitrogens with zero attached hydrogens (tertiary/aromatic N) is 2. The SMILES string of the molecule is C[C@]12CC[C@H](N(CCN3CCOCC3)C(=O)O)C[C@H]1CC[C@@H]1[C@@H]2CC[C@]2(C)[C@@H](c3ccc(=O)oc3)C[C@H]3O[C@]132. The van der Waals surface area contributed by atoms with E-state index >= 15 is 0 Å². The van der Waals surface area contributed by atoms with Gasteiger partial charge in [-0.05, 0) is 92.1 Å².